The van der Waals surface area contributed by atoms with Crippen LogP contribution in [0.4, 0.5) is 26.3 Å². The summed E-state index contributed by atoms with van der Waals surface area (Å²) < 4.78 is 80.3. The van der Waals surface area contributed by atoms with Crippen molar-refractivity contribution in [2.45, 2.75) is 12.4 Å². The van der Waals surface area contributed by atoms with Gasteiger partial charge in [-0.05, 0) is 0 Å². The number of halogens is 6. The molecule has 2 N–H and O–H groups in total. The average Bonchev–Trinajstić information content (AvgIpc) is 1.76. The summed E-state index contributed by atoms with van der Waals surface area (Å²) in [6.07, 6.45) is -12.2. The lowest BCUT2D eigenvalue weighted by Crippen LogP contribution is -2.42. The van der Waals surface area contributed by atoms with Crippen molar-refractivity contribution in [2.75, 3.05) is 0 Å². The largest absolute Gasteiger partial charge is 0.408 e. The Kier molecular flexibility index (Phi) is 3.61. The fourth-order valence-corrected chi connectivity index (χ4v) is 1.26. The molecule has 11 heteroatoms. The van der Waals surface area contributed by atoms with E-state index >= 15 is 0 Å². The lowest BCUT2D eigenvalue weighted by Gasteiger charge is -2.21. The molecule has 0 saturated carbocycles. The van der Waals surface area contributed by atoms with Gasteiger partial charge in [0.2, 0.25) is 5.92 Å². The van der Waals surface area contributed by atoms with Crippen LogP contribution < -0.4 is 0 Å². The van der Waals surface area contributed by atoms with E-state index in [4.69, 9.17) is 9.79 Å². The van der Waals surface area contributed by atoms with E-state index in [0.29, 0.717) is 0 Å². The third kappa shape index (κ3) is 3.80. The lowest BCUT2D eigenvalue weighted by molar-refractivity contribution is -0.271. The Balaban J connectivity index is 5.36. The van der Waals surface area contributed by atoms with Crippen LogP contribution in [-0.2, 0) is 9.36 Å². The fraction of sp³-hybridized carbons (Fsp3) is 0.750. The summed E-state index contributed by atoms with van der Waals surface area (Å²) >= 11 is 0. The standard InChI is InChI=1S/C4H3F6O4P/c5-3(6,7)1(4(8,9)10)2(11)15(12,13)14/h1H,(H2,12,13,14). The van der Waals surface area contributed by atoms with Crippen LogP contribution in [0.5, 0.6) is 0 Å². The Morgan fingerprint density at radius 2 is 1.27 bits per heavy atom. The fourth-order valence-electron chi connectivity index (χ4n) is 0.634. The molecule has 0 spiro atoms. The van der Waals surface area contributed by atoms with Crippen molar-refractivity contribution in [1.29, 1.82) is 0 Å². The monoisotopic (exact) mass is 260 g/mol. The minimum atomic E-state index is -6.09. The van der Waals surface area contributed by atoms with Crippen LogP contribution >= 0.6 is 7.60 Å². The van der Waals surface area contributed by atoms with Crippen LogP contribution in [0.3, 0.4) is 0 Å². The molecule has 0 aliphatic heterocycles. The molecule has 90 valence electrons. The Labute approximate surface area is 78.0 Å². The van der Waals surface area contributed by atoms with Crippen molar-refractivity contribution >= 4 is 13.1 Å². The molecule has 0 heterocycles. The predicted molar refractivity (Wildman–Crippen MR) is 32.7 cm³/mol. The minimum Gasteiger partial charge on any atom is -0.319 e. The first-order valence-electron chi connectivity index (χ1n) is 3.01. The van der Waals surface area contributed by atoms with E-state index in [1.165, 1.54) is 0 Å². The number of alkyl halides is 6. The van der Waals surface area contributed by atoms with Gasteiger partial charge in [-0.25, -0.2) is 0 Å². The van der Waals surface area contributed by atoms with Gasteiger partial charge >= 0.3 is 19.9 Å². The summed E-state index contributed by atoms with van der Waals surface area (Å²) in [6.45, 7) is 0. The molecule has 0 atom stereocenters. The van der Waals surface area contributed by atoms with E-state index < -0.39 is 31.4 Å². The van der Waals surface area contributed by atoms with E-state index in [1.807, 2.05) is 0 Å². The second-order valence-corrected chi connectivity index (χ2v) is 3.93. The van der Waals surface area contributed by atoms with Gasteiger partial charge in [0.25, 0.3) is 5.52 Å². The topological polar surface area (TPSA) is 74.6 Å². The van der Waals surface area contributed by atoms with Gasteiger partial charge in [0.15, 0.2) is 0 Å². The highest BCUT2D eigenvalue weighted by atomic mass is 31.2. The van der Waals surface area contributed by atoms with Crippen molar-refractivity contribution in [3.63, 3.8) is 0 Å². The maximum Gasteiger partial charge on any atom is 0.408 e. The van der Waals surface area contributed by atoms with E-state index in [2.05, 4.69) is 0 Å². The Morgan fingerprint density at radius 3 is 1.33 bits per heavy atom. The van der Waals surface area contributed by atoms with Gasteiger partial charge in [0, 0.05) is 0 Å². The van der Waals surface area contributed by atoms with Gasteiger partial charge in [0.05, 0.1) is 0 Å². The second kappa shape index (κ2) is 3.76. The van der Waals surface area contributed by atoms with E-state index in [0.717, 1.165) is 0 Å². The molecular formula is C4H3F6O4P. The SMILES string of the molecule is O=C(C(C(F)(F)F)C(F)(F)F)P(=O)(O)O. The number of carbonyl (C=O) groups is 1. The minimum absolute atomic E-state index is 3.21. The molecule has 4 nitrogen and oxygen atoms in total. The van der Waals surface area contributed by atoms with Crippen LogP contribution in [0.2, 0.25) is 0 Å². The summed E-state index contributed by atoms with van der Waals surface area (Å²) in [7, 11) is -6.08. The molecule has 0 aliphatic carbocycles. The Morgan fingerprint density at radius 1 is 1.00 bits per heavy atom. The summed E-state index contributed by atoms with van der Waals surface area (Å²) in [5.41, 5.74) is -3.21. The maximum absolute atomic E-state index is 11.7. The Hall–Kier alpha value is -0.600. The molecule has 0 aromatic heterocycles. The van der Waals surface area contributed by atoms with Crippen molar-refractivity contribution in [3.05, 3.63) is 0 Å². The van der Waals surface area contributed by atoms with Crippen LogP contribution in [0, 0.1) is 5.92 Å². The van der Waals surface area contributed by atoms with Crippen LogP contribution in [0.1, 0.15) is 0 Å². The summed E-state index contributed by atoms with van der Waals surface area (Å²) in [4.78, 5) is 26.1. The highest BCUT2D eigenvalue weighted by Gasteiger charge is 2.64. The van der Waals surface area contributed by atoms with Crippen molar-refractivity contribution in [3.8, 4) is 0 Å². The Bertz CT molecular complexity index is 285. The lowest BCUT2D eigenvalue weighted by atomic mass is 10.1. The number of hydrogen-bond donors (Lipinski definition) is 2. The average molecular weight is 260 g/mol. The highest BCUT2D eigenvalue weighted by Crippen LogP contribution is 2.49. The number of hydrogen-bond acceptors (Lipinski definition) is 2. The van der Waals surface area contributed by atoms with Crippen LogP contribution in [0.15, 0.2) is 0 Å². The summed E-state index contributed by atoms with van der Waals surface area (Å²) in [5, 5.41) is 0. The zero-order valence-electron chi connectivity index (χ0n) is 6.50. The number of carbonyl (C=O) groups excluding carboxylic acids is 1. The zero-order chi connectivity index (χ0) is 12.7. The molecule has 0 rings (SSSR count). The maximum atomic E-state index is 11.7. The van der Waals surface area contributed by atoms with Crippen LogP contribution in [0.25, 0.3) is 0 Å². The molecule has 15 heavy (non-hydrogen) atoms. The van der Waals surface area contributed by atoms with Crippen molar-refractivity contribution < 1.29 is 45.5 Å². The molecule has 0 amide bonds. The zero-order valence-corrected chi connectivity index (χ0v) is 7.40. The van der Waals surface area contributed by atoms with Gasteiger partial charge in [0.1, 0.15) is 0 Å². The first-order valence-corrected chi connectivity index (χ1v) is 4.62. The van der Waals surface area contributed by atoms with Crippen molar-refractivity contribution in [1.82, 2.24) is 0 Å². The third-order valence-electron chi connectivity index (χ3n) is 1.19. The van der Waals surface area contributed by atoms with E-state index in [9.17, 15) is 35.7 Å². The van der Waals surface area contributed by atoms with E-state index in [1.54, 1.807) is 0 Å². The number of rotatable bonds is 2. The van der Waals surface area contributed by atoms with E-state index in [-0.39, 0.29) is 0 Å². The summed E-state index contributed by atoms with van der Waals surface area (Å²) in [6, 6.07) is 0. The molecule has 0 radical (unpaired) electrons. The van der Waals surface area contributed by atoms with Gasteiger partial charge < -0.3 is 9.79 Å². The molecule has 0 fully saturated rings. The first kappa shape index (κ1) is 14.4. The van der Waals surface area contributed by atoms with Crippen LogP contribution in [-0.4, -0.2) is 27.7 Å². The molecule has 0 saturated heterocycles. The highest BCUT2D eigenvalue weighted by molar-refractivity contribution is 7.70. The molecule has 0 aliphatic rings. The van der Waals surface area contributed by atoms with Gasteiger partial charge in [-0.1, -0.05) is 0 Å². The molecule has 0 aromatic carbocycles. The normalized spacial score (nSPS) is 14.5. The van der Waals surface area contributed by atoms with Gasteiger partial charge in [-0.2, -0.15) is 26.3 Å². The van der Waals surface area contributed by atoms with Gasteiger partial charge in [-0.3, -0.25) is 9.36 Å². The van der Waals surface area contributed by atoms with Crippen molar-refractivity contribution in [2.24, 2.45) is 5.92 Å². The predicted octanol–water partition coefficient (Wildman–Crippen LogP) is 1.43. The molecule has 0 bridgehead atoms. The molecular weight excluding hydrogens is 257 g/mol. The first-order chi connectivity index (χ1) is 6.28. The second-order valence-electron chi connectivity index (χ2n) is 2.40. The van der Waals surface area contributed by atoms with Gasteiger partial charge in [-0.15, -0.1) is 0 Å². The smallest absolute Gasteiger partial charge is 0.319 e. The summed E-state index contributed by atoms with van der Waals surface area (Å²) in [5.74, 6) is -4.66. The third-order valence-corrected chi connectivity index (χ3v) is 2.02. The molecule has 0 unspecified atom stereocenters. The quantitative estimate of drug-likeness (QED) is 0.581. The molecule has 0 aromatic rings.